The van der Waals surface area contributed by atoms with Gasteiger partial charge >= 0.3 is 0 Å². The molecule has 0 aliphatic rings. The van der Waals surface area contributed by atoms with Gasteiger partial charge in [0, 0.05) is 22.0 Å². The predicted octanol–water partition coefficient (Wildman–Crippen LogP) is 6.03. The number of hydrogen-bond acceptors (Lipinski definition) is 1. The van der Waals surface area contributed by atoms with E-state index in [-0.39, 0.29) is 0 Å². The fraction of sp³-hybridized carbons (Fsp3) is 0. The Bertz CT molecular complexity index is 1230. The maximum absolute atomic E-state index is 6.35. The maximum Gasteiger partial charge on any atom is 0.0562 e. The zero-order valence-corrected chi connectivity index (χ0v) is 14.3. The van der Waals surface area contributed by atoms with E-state index in [1.54, 1.807) is 0 Å². The number of benzene rings is 4. The molecule has 0 bridgehead atoms. The average molecular weight is 334 g/mol. The van der Waals surface area contributed by atoms with Crippen molar-refractivity contribution in [2.24, 2.45) is 0 Å². The second-order valence-corrected chi connectivity index (χ2v) is 6.48. The van der Waals surface area contributed by atoms with Gasteiger partial charge in [0.15, 0.2) is 0 Å². The fourth-order valence-corrected chi connectivity index (χ4v) is 3.84. The minimum atomic E-state index is 0.814. The summed E-state index contributed by atoms with van der Waals surface area (Å²) >= 11 is 0. The molecule has 0 aliphatic carbocycles. The molecule has 0 unspecified atom stereocenters. The quantitative estimate of drug-likeness (QED) is 0.392. The zero-order valence-electron chi connectivity index (χ0n) is 14.3. The Kier molecular flexibility index (Phi) is 3.29. The molecule has 5 aromatic rings. The lowest BCUT2D eigenvalue weighted by Gasteiger charge is -2.14. The monoisotopic (exact) mass is 334 g/mol. The van der Waals surface area contributed by atoms with Gasteiger partial charge in [0.1, 0.15) is 0 Å². The Labute approximate surface area is 152 Å². The van der Waals surface area contributed by atoms with E-state index in [1.807, 2.05) is 18.2 Å². The number of nitrogen functional groups attached to an aromatic ring is 1. The van der Waals surface area contributed by atoms with Crippen LogP contribution in [0.4, 0.5) is 5.69 Å². The van der Waals surface area contributed by atoms with Crippen molar-refractivity contribution in [3.8, 4) is 16.8 Å². The highest BCUT2D eigenvalue weighted by Crippen LogP contribution is 2.37. The summed E-state index contributed by atoms with van der Waals surface area (Å²) in [4.78, 5) is 0. The highest BCUT2D eigenvalue weighted by molar-refractivity contribution is 6.14. The highest BCUT2D eigenvalue weighted by Gasteiger charge is 2.16. The van der Waals surface area contributed by atoms with Crippen LogP contribution in [0.15, 0.2) is 97.1 Å². The third kappa shape index (κ3) is 2.12. The third-order valence-electron chi connectivity index (χ3n) is 4.96. The molecule has 2 N–H and O–H groups in total. The first-order valence-electron chi connectivity index (χ1n) is 8.77. The summed E-state index contributed by atoms with van der Waals surface area (Å²) in [5.41, 5.74) is 13.0. The van der Waals surface area contributed by atoms with E-state index >= 15 is 0 Å². The van der Waals surface area contributed by atoms with E-state index in [9.17, 15) is 0 Å². The summed E-state index contributed by atoms with van der Waals surface area (Å²) in [6, 6.07) is 33.7. The van der Waals surface area contributed by atoms with Crippen LogP contribution in [0.25, 0.3) is 38.6 Å². The molecule has 0 spiro atoms. The average Bonchev–Trinajstić information content (AvgIpc) is 3.04. The second-order valence-electron chi connectivity index (χ2n) is 6.48. The molecular weight excluding hydrogens is 316 g/mol. The number of nitrogens with zero attached hydrogens (tertiary/aromatic N) is 1. The first-order chi connectivity index (χ1) is 12.8. The smallest absolute Gasteiger partial charge is 0.0562 e. The van der Waals surface area contributed by atoms with Gasteiger partial charge in [-0.1, -0.05) is 72.8 Å². The standard InChI is InChI=1S/C24H18N2/c25-20-13-8-16-23-24(20)19-12-5-7-15-22(19)26(23)21-14-6-4-11-18(21)17-9-2-1-3-10-17/h1-16H,25H2. The van der Waals surface area contributed by atoms with Crippen molar-refractivity contribution >= 4 is 27.5 Å². The largest absolute Gasteiger partial charge is 0.398 e. The number of nitrogens with two attached hydrogens (primary N) is 1. The van der Waals surface area contributed by atoms with Gasteiger partial charge in [0.2, 0.25) is 0 Å². The molecule has 2 heteroatoms. The molecule has 0 amide bonds. The Morgan fingerprint density at radius 1 is 0.577 bits per heavy atom. The second kappa shape index (κ2) is 5.78. The molecule has 26 heavy (non-hydrogen) atoms. The number of aromatic nitrogens is 1. The van der Waals surface area contributed by atoms with E-state index < -0.39 is 0 Å². The van der Waals surface area contributed by atoms with Crippen molar-refractivity contribution in [1.82, 2.24) is 4.57 Å². The number of para-hydroxylation sites is 2. The van der Waals surface area contributed by atoms with Gasteiger partial charge in [-0.2, -0.15) is 0 Å². The Balaban J connectivity index is 1.94. The van der Waals surface area contributed by atoms with Crippen LogP contribution in [0.3, 0.4) is 0 Å². The Morgan fingerprint density at radius 3 is 2.15 bits per heavy atom. The van der Waals surface area contributed by atoms with Crippen LogP contribution in [-0.2, 0) is 0 Å². The number of rotatable bonds is 2. The summed E-state index contributed by atoms with van der Waals surface area (Å²) in [5.74, 6) is 0. The minimum absolute atomic E-state index is 0.814. The van der Waals surface area contributed by atoms with Crippen LogP contribution in [0.2, 0.25) is 0 Å². The minimum Gasteiger partial charge on any atom is -0.398 e. The van der Waals surface area contributed by atoms with Gasteiger partial charge in [0.25, 0.3) is 0 Å². The molecule has 0 aliphatic heterocycles. The summed E-state index contributed by atoms with van der Waals surface area (Å²) in [6.07, 6.45) is 0. The first-order valence-corrected chi connectivity index (χ1v) is 8.77. The molecule has 124 valence electrons. The van der Waals surface area contributed by atoms with E-state index in [0.717, 1.165) is 22.3 Å². The Morgan fingerprint density at radius 2 is 1.27 bits per heavy atom. The fourth-order valence-electron chi connectivity index (χ4n) is 3.84. The van der Waals surface area contributed by atoms with Gasteiger partial charge < -0.3 is 10.3 Å². The van der Waals surface area contributed by atoms with Crippen LogP contribution in [0.1, 0.15) is 0 Å². The van der Waals surface area contributed by atoms with Crippen LogP contribution < -0.4 is 5.73 Å². The molecule has 5 rings (SSSR count). The van der Waals surface area contributed by atoms with E-state index in [1.165, 1.54) is 22.0 Å². The molecule has 0 fully saturated rings. The molecule has 4 aromatic carbocycles. The van der Waals surface area contributed by atoms with Crippen molar-refractivity contribution in [2.45, 2.75) is 0 Å². The summed E-state index contributed by atoms with van der Waals surface area (Å²) in [7, 11) is 0. The molecule has 0 radical (unpaired) electrons. The van der Waals surface area contributed by atoms with Crippen LogP contribution >= 0.6 is 0 Å². The van der Waals surface area contributed by atoms with Crippen LogP contribution in [0, 0.1) is 0 Å². The maximum atomic E-state index is 6.35. The van der Waals surface area contributed by atoms with E-state index in [2.05, 4.69) is 83.4 Å². The number of hydrogen-bond donors (Lipinski definition) is 1. The predicted molar refractivity (Wildman–Crippen MR) is 111 cm³/mol. The highest BCUT2D eigenvalue weighted by atomic mass is 15.0. The molecule has 1 aromatic heterocycles. The lowest BCUT2D eigenvalue weighted by atomic mass is 10.0. The van der Waals surface area contributed by atoms with Gasteiger partial charge in [0.05, 0.1) is 16.7 Å². The third-order valence-corrected chi connectivity index (χ3v) is 4.96. The summed E-state index contributed by atoms with van der Waals surface area (Å²) in [5, 5.41) is 2.30. The molecular formula is C24H18N2. The summed E-state index contributed by atoms with van der Waals surface area (Å²) in [6.45, 7) is 0. The molecule has 2 nitrogen and oxygen atoms in total. The van der Waals surface area contributed by atoms with E-state index in [4.69, 9.17) is 5.73 Å². The lowest BCUT2D eigenvalue weighted by Crippen LogP contribution is -1.97. The van der Waals surface area contributed by atoms with Crippen LogP contribution in [-0.4, -0.2) is 4.57 Å². The topological polar surface area (TPSA) is 30.9 Å². The Hall–Kier alpha value is -3.52. The first kappa shape index (κ1) is 14.8. The molecule has 0 atom stereocenters. The molecule has 1 heterocycles. The number of anilines is 1. The van der Waals surface area contributed by atoms with E-state index in [0.29, 0.717) is 0 Å². The van der Waals surface area contributed by atoms with Crippen molar-refractivity contribution in [3.05, 3.63) is 97.1 Å². The number of fused-ring (bicyclic) bond motifs is 3. The summed E-state index contributed by atoms with van der Waals surface area (Å²) < 4.78 is 2.32. The van der Waals surface area contributed by atoms with Crippen molar-refractivity contribution in [3.63, 3.8) is 0 Å². The van der Waals surface area contributed by atoms with Gasteiger partial charge in [-0.05, 0) is 29.8 Å². The SMILES string of the molecule is Nc1cccc2c1c1ccccc1n2-c1ccccc1-c1ccccc1. The van der Waals surface area contributed by atoms with Crippen LogP contribution in [0.5, 0.6) is 0 Å². The van der Waals surface area contributed by atoms with Crippen molar-refractivity contribution in [2.75, 3.05) is 5.73 Å². The van der Waals surface area contributed by atoms with Gasteiger partial charge in [-0.15, -0.1) is 0 Å². The molecule has 0 saturated heterocycles. The zero-order chi connectivity index (χ0) is 17.5. The van der Waals surface area contributed by atoms with Gasteiger partial charge in [-0.25, -0.2) is 0 Å². The lowest BCUT2D eigenvalue weighted by molar-refractivity contribution is 1.18. The van der Waals surface area contributed by atoms with Crippen molar-refractivity contribution < 1.29 is 0 Å². The molecule has 0 saturated carbocycles. The van der Waals surface area contributed by atoms with Crippen molar-refractivity contribution in [1.29, 1.82) is 0 Å². The normalized spacial score (nSPS) is 11.2. The van der Waals surface area contributed by atoms with Gasteiger partial charge in [-0.3, -0.25) is 0 Å².